The van der Waals surface area contributed by atoms with Crippen LogP contribution < -0.4 is 9.46 Å². The third kappa shape index (κ3) is 6.39. The third-order valence-electron chi connectivity index (χ3n) is 12.9. The van der Waals surface area contributed by atoms with Crippen LogP contribution >= 0.6 is 0 Å². The number of ether oxygens (including phenoxy) is 1. The van der Waals surface area contributed by atoms with Gasteiger partial charge in [0.1, 0.15) is 11.4 Å². The summed E-state index contributed by atoms with van der Waals surface area (Å²) in [4.78, 5) is 37.6. The van der Waals surface area contributed by atoms with Gasteiger partial charge in [0.2, 0.25) is 15.9 Å². The Labute approximate surface area is 323 Å². The number of allylic oxidation sites excluding steroid dienone is 1. The summed E-state index contributed by atoms with van der Waals surface area (Å²) in [5, 5.41) is 0.436. The van der Waals surface area contributed by atoms with E-state index in [1.54, 1.807) is 21.0 Å². The molecule has 2 unspecified atom stereocenters. The van der Waals surface area contributed by atoms with Crippen molar-refractivity contribution in [3.8, 4) is 17.0 Å². The van der Waals surface area contributed by atoms with Crippen LogP contribution in [-0.4, -0.2) is 88.2 Å². The number of fused-ring (bicyclic) bond motifs is 7. The predicted molar refractivity (Wildman–Crippen MR) is 214 cm³/mol. The highest BCUT2D eigenvalue weighted by Crippen LogP contribution is 2.48. The molecular formula is C43H52N6O5S. The van der Waals surface area contributed by atoms with Crippen molar-refractivity contribution in [3.63, 3.8) is 0 Å². The van der Waals surface area contributed by atoms with Gasteiger partial charge in [0.05, 0.1) is 43.0 Å². The number of carbonyl (C=O) groups excluding carboxylic acids is 2. The largest absolute Gasteiger partial charge is 0.497 e. The first-order valence-corrected chi connectivity index (χ1v) is 21.8. The van der Waals surface area contributed by atoms with Crippen LogP contribution in [0.1, 0.15) is 117 Å². The summed E-state index contributed by atoms with van der Waals surface area (Å²) in [6.45, 7) is 8.47. The van der Waals surface area contributed by atoms with Crippen molar-refractivity contribution in [1.29, 1.82) is 0 Å². The fraction of sp³-hybridized carbons (Fsp3) is 0.512. The maximum absolute atomic E-state index is 14.8. The lowest BCUT2D eigenvalue weighted by Crippen LogP contribution is -2.49. The van der Waals surface area contributed by atoms with E-state index in [4.69, 9.17) is 9.72 Å². The average molecular weight is 765 g/mol. The van der Waals surface area contributed by atoms with Crippen molar-refractivity contribution in [1.82, 2.24) is 28.6 Å². The molecule has 9 rings (SSSR count). The summed E-state index contributed by atoms with van der Waals surface area (Å²) in [7, 11) is -2.07. The van der Waals surface area contributed by atoms with E-state index in [9.17, 15) is 18.0 Å². The molecule has 2 atom stereocenters. The number of aromatic nitrogens is 3. The van der Waals surface area contributed by atoms with Crippen molar-refractivity contribution in [3.05, 3.63) is 70.8 Å². The number of likely N-dealkylation sites (tertiary alicyclic amines) is 2. The summed E-state index contributed by atoms with van der Waals surface area (Å²) in [5.41, 5.74) is 8.69. The molecule has 4 fully saturated rings. The predicted octanol–water partition coefficient (Wildman–Crippen LogP) is 6.77. The highest BCUT2D eigenvalue weighted by atomic mass is 32.2. The number of nitrogens with zero attached hydrogens (tertiary/aromatic N) is 5. The van der Waals surface area contributed by atoms with Crippen LogP contribution in [-0.2, 0) is 27.8 Å². The Morgan fingerprint density at radius 3 is 2.47 bits per heavy atom. The molecule has 2 saturated heterocycles. The normalized spacial score (nSPS) is 21.5. The number of nitrogens with one attached hydrogen (secondary N) is 1. The van der Waals surface area contributed by atoms with Crippen LogP contribution in [0, 0.1) is 0 Å². The number of hydrogen-bond donors (Lipinski definition) is 1. The van der Waals surface area contributed by atoms with Crippen LogP contribution in [0.15, 0.2) is 42.7 Å². The average Bonchev–Trinajstić information content (AvgIpc) is 3.50. The highest BCUT2D eigenvalue weighted by Gasteiger charge is 2.46. The summed E-state index contributed by atoms with van der Waals surface area (Å²) >= 11 is 0. The Bertz CT molecular complexity index is 2330. The molecule has 5 aliphatic rings. The zero-order chi connectivity index (χ0) is 38.2. The lowest BCUT2D eigenvalue weighted by atomic mass is 9.81. The van der Waals surface area contributed by atoms with Crippen molar-refractivity contribution in [2.45, 2.75) is 114 Å². The van der Waals surface area contributed by atoms with Crippen LogP contribution in [0.25, 0.3) is 33.8 Å². The van der Waals surface area contributed by atoms with E-state index in [0.29, 0.717) is 24.2 Å². The van der Waals surface area contributed by atoms with Gasteiger partial charge < -0.3 is 18.8 Å². The minimum Gasteiger partial charge on any atom is -0.497 e. The van der Waals surface area contributed by atoms with Crippen LogP contribution in [0.3, 0.4) is 0 Å². The maximum atomic E-state index is 14.8. The number of carbonyl (C=O) groups is 2. The second-order valence-electron chi connectivity index (χ2n) is 16.6. The van der Waals surface area contributed by atoms with E-state index < -0.39 is 21.2 Å². The lowest BCUT2D eigenvalue weighted by molar-refractivity contribution is -0.118. The van der Waals surface area contributed by atoms with E-state index in [1.807, 2.05) is 18.5 Å². The van der Waals surface area contributed by atoms with E-state index in [-0.39, 0.29) is 24.4 Å². The Morgan fingerprint density at radius 1 is 0.982 bits per heavy atom. The number of imidazole rings is 1. The summed E-state index contributed by atoms with van der Waals surface area (Å²) in [6, 6.07) is 13.3. The first-order valence-electron chi connectivity index (χ1n) is 20.2. The molecule has 2 amide bonds. The Hall–Kier alpha value is -4.42. The molecule has 2 aromatic heterocycles. The first kappa shape index (κ1) is 36.2. The summed E-state index contributed by atoms with van der Waals surface area (Å²) in [6.07, 6.45) is 12.9. The number of piperazine rings is 1. The number of benzene rings is 2. The number of methoxy groups -OCH3 is 1. The minimum atomic E-state index is -3.76. The summed E-state index contributed by atoms with van der Waals surface area (Å²) in [5.74, 6) is 0.654. The highest BCUT2D eigenvalue weighted by molar-refractivity contribution is 7.90. The van der Waals surface area contributed by atoms with Crippen molar-refractivity contribution >= 4 is 44.4 Å². The second-order valence-corrected chi connectivity index (χ2v) is 18.9. The number of sulfonamides is 1. The molecule has 2 aliphatic carbocycles. The molecule has 4 aromatic rings. The number of amides is 2. The quantitative estimate of drug-likeness (QED) is 0.190. The minimum absolute atomic E-state index is 0.0600. The molecule has 0 spiro atoms. The Balaban J connectivity index is 1.19. The van der Waals surface area contributed by atoms with Gasteiger partial charge in [-0.05, 0) is 105 Å². The SMILES string of the molecule is CCN1CC2CC1CN2C(=O)c1c(C2=Cc3cc(OC)ccc3-c3c(C4CCCCC4)c4ccc(CC(=O)NS(=O)(=O)C(C)C)cc4n3C2)ncn1C1CC1. The van der Waals surface area contributed by atoms with Gasteiger partial charge in [0.25, 0.3) is 5.91 Å². The molecule has 2 saturated carbocycles. The topological polar surface area (TPSA) is 119 Å². The zero-order valence-electron chi connectivity index (χ0n) is 32.4. The molecule has 1 N–H and O–H groups in total. The summed E-state index contributed by atoms with van der Waals surface area (Å²) < 4.78 is 37.7. The van der Waals surface area contributed by atoms with E-state index in [0.717, 1.165) is 102 Å². The van der Waals surface area contributed by atoms with Crippen LogP contribution in [0.2, 0.25) is 0 Å². The van der Waals surface area contributed by atoms with Crippen LogP contribution in [0.5, 0.6) is 5.75 Å². The first-order chi connectivity index (χ1) is 26.5. The molecule has 2 aromatic carbocycles. The van der Waals surface area contributed by atoms with Crippen molar-refractivity contribution in [2.75, 3.05) is 26.7 Å². The fourth-order valence-electron chi connectivity index (χ4n) is 9.80. The Morgan fingerprint density at radius 2 is 1.78 bits per heavy atom. The molecule has 2 bridgehead atoms. The second kappa shape index (κ2) is 14.0. The van der Waals surface area contributed by atoms with Crippen molar-refractivity contribution < 1.29 is 22.7 Å². The van der Waals surface area contributed by atoms with Gasteiger partial charge >= 0.3 is 0 Å². The van der Waals surface area contributed by atoms with Gasteiger partial charge in [0, 0.05) is 53.3 Å². The monoisotopic (exact) mass is 764 g/mol. The van der Waals surface area contributed by atoms with E-state index in [2.05, 4.69) is 60.9 Å². The van der Waals surface area contributed by atoms with Gasteiger partial charge in [0.15, 0.2) is 0 Å². The molecular weight excluding hydrogens is 713 g/mol. The maximum Gasteiger partial charge on any atom is 0.273 e. The molecule has 11 nitrogen and oxygen atoms in total. The molecule has 5 heterocycles. The fourth-order valence-corrected chi connectivity index (χ4v) is 10.4. The smallest absolute Gasteiger partial charge is 0.273 e. The standard InChI is InChI=1S/C43H52N6O5S/c1-5-46-23-33-21-32(46)24-47(33)43(51)42-40(44-25-49(42)31-12-13-31)30-19-29-20-34(54-4)14-16-35(29)41-39(28-9-7-6-8-10-28)36-15-11-27(17-37(36)48(41)22-30)18-38(50)45-55(52,53)26(2)3/h11,14-17,19-20,25-26,28,31-33H,5-10,12-13,18,21-24H2,1-4H3,(H,45,50). The number of hydrogen-bond acceptors (Lipinski definition) is 7. The molecule has 0 radical (unpaired) electrons. The van der Waals surface area contributed by atoms with Gasteiger partial charge in [-0.1, -0.05) is 38.3 Å². The van der Waals surface area contributed by atoms with E-state index >= 15 is 0 Å². The lowest BCUT2D eigenvalue weighted by Gasteiger charge is -2.33. The molecule has 12 heteroatoms. The number of likely N-dealkylation sites (N-methyl/N-ethyl adjacent to an activating group) is 1. The van der Waals surface area contributed by atoms with Crippen molar-refractivity contribution in [2.24, 2.45) is 0 Å². The van der Waals surface area contributed by atoms with Crippen LogP contribution in [0.4, 0.5) is 0 Å². The molecule has 3 aliphatic heterocycles. The van der Waals surface area contributed by atoms with Gasteiger partial charge in [-0.15, -0.1) is 0 Å². The zero-order valence-corrected chi connectivity index (χ0v) is 33.2. The van der Waals surface area contributed by atoms with Gasteiger partial charge in [-0.25, -0.2) is 13.4 Å². The molecule has 55 heavy (non-hydrogen) atoms. The van der Waals surface area contributed by atoms with Gasteiger partial charge in [-0.2, -0.15) is 0 Å². The Kier molecular flexibility index (Phi) is 9.19. The van der Waals surface area contributed by atoms with Gasteiger partial charge in [-0.3, -0.25) is 19.2 Å². The van der Waals surface area contributed by atoms with E-state index in [1.165, 1.54) is 24.8 Å². The molecule has 290 valence electrons. The number of rotatable bonds is 10. The third-order valence-corrected chi connectivity index (χ3v) is 14.6.